The minimum Gasteiger partial charge on any atom is -0.399 e. The van der Waals surface area contributed by atoms with E-state index in [2.05, 4.69) is 15.1 Å². The molecule has 1 aromatic carbocycles. The zero-order valence-corrected chi connectivity index (χ0v) is 10.4. The van der Waals surface area contributed by atoms with Crippen LogP contribution >= 0.6 is 0 Å². The van der Waals surface area contributed by atoms with Crippen LogP contribution in [0, 0.1) is 6.92 Å². The molecule has 5 nitrogen and oxygen atoms in total. The first-order chi connectivity index (χ1) is 9.24. The number of pyridine rings is 1. The lowest BCUT2D eigenvalue weighted by molar-refractivity contribution is 0.432. The Kier molecular flexibility index (Phi) is 2.72. The summed E-state index contributed by atoms with van der Waals surface area (Å²) in [5.74, 6) is 0.980. The molecule has 0 radical (unpaired) electrons. The minimum absolute atomic E-state index is 0.450. The van der Waals surface area contributed by atoms with Crippen LogP contribution < -0.4 is 5.73 Å². The van der Waals surface area contributed by atoms with Gasteiger partial charge in [0.15, 0.2) is 0 Å². The molecule has 0 amide bonds. The van der Waals surface area contributed by atoms with Crippen LogP contribution in [0.25, 0.3) is 22.8 Å². The summed E-state index contributed by atoms with van der Waals surface area (Å²) in [6.07, 6.45) is 3.46. The molecule has 94 valence electrons. The normalized spacial score (nSPS) is 10.6. The lowest BCUT2D eigenvalue weighted by atomic mass is 10.1. The molecule has 5 heteroatoms. The summed E-state index contributed by atoms with van der Waals surface area (Å²) in [7, 11) is 0. The highest BCUT2D eigenvalue weighted by molar-refractivity contribution is 5.63. The first-order valence-electron chi connectivity index (χ1n) is 5.84. The summed E-state index contributed by atoms with van der Waals surface area (Å²) in [6.45, 7) is 1.98. The Hall–Kier alpha value is -2.69. The average Bonchev–Trinajstić information content (AvgIpc) is 2.89. The zero-order valence-electron chi connectivity index (χ0n) is 10.4. The standard InChI is InChI=1S/C14H12N4O/c1-9-5-6-16-8-12(9)13-17-14(19-18-13)10-3-2-4-11(15)7-10/h2-8H,15H2,1H3. The van der Waals surface area contributed by atoms with Gasteiger partial charge in [0.25, 0.3) is 5.89 Å². The molecule has 2 N–H and O–H groups in total. The molecular formula is C14H12N4O. The molecule has 2 heterocycles. The second-order valence-electron chi connectivity index (χ2n) is 4.24. The highest BCUT2D eigenvalue weighted by Gasteiger charge is 2.12. The van der Waals surface area contributed by atoms with E-state index in [9.17, 15) is 0 Å². The van der Waals surface area contributed by atoms with Crippen molar-refractivity contribution in [2.75, 3.05) is 5.73 Å². The molecule has 0 unspecified atom stereocenters. The van der Waals surface area contributed by atoms with Crippen molar-refractivity contribution in [1.29, 1.82) is 0 Å². The van der Waals surface area contributed by atoms with Crippen molar-refractivity contribution < 1.29 is 4.52 Å². The van der Waals surface area contributed by atoms with Gasteiger partial charge in [0, 0.05) is 29.2 Å². The Bertz CT molecular complexity index is 721. The molecule has 0 saturated heterocycles. The van der Waals surface area contributed by atoms with Crippen molar-refractivity contribution in [2.45, 2.75) is 6.92 Å². The zero-order chi connectivity index (χ0) is 13.2. The number of anilines is 1. The quantitative estimate of drug-likeness (QED) is 0.709. The van der Waals surface area contributed by atoms with Gasteiger partial charge in [-0.15, -0.1) is 0 Å². The number of hydrogen-bond donors (Lipinski definition) is 1. The van der Waals surface area contributed by atoms with Gasteiger partial charge >= 0.3 is 0 Å². The molecule has 3 rings (SSSR count). The van der Waals surface area contributed by atoms with Crippen LogP contribution in [0.1, 0.15) is 5.56 Å². The highest BCUT2D eigenvalue weighted by Crippen LogP contribution is 2.24. The van der Waals surface area contributed by atoms with Gasteiger partial charge < -0.3 is 10.3 Å². The summed E-state index contributed by atoms with van der Waals surface area (Å²) in [5, 5.41) is 3.99. The first kappa shape index (κ1) is 11.4. The molecule has 0 atom stereocenters. The third kappa shape index (κ3) is 2.18. The number of nitrogen functional groups attached to an aromatic ring is 1. The van der Waals surface area contributed by atoms with Crippen molar-refractivity contribution in [3.05, 3.63) is 48.3 Å². The lowest BCUT2D eigenvalue weighted by Crippen LogP contribution is -1.87. The van der Waals surface area contributed by atoms with Gasteiger partial charge in [0.2, 0.25) is 5.82 Å². The Morgan fingerprint density at radius 1 is 1.21 bits per heavy atom. The third-order valence-electron chi connectivity index (χ3n) is 2.84. The van der Waals surface area contributed by atoms with Crippen molar-refractivity contribution in [3.63, 3.8) is 0 Å². The van der Waals surface area contributed by atoms with Crippen molar-refractivity contribution in [3.8, 4) is 22.8 Å². The molecule has 0 spiro atoms. The fourth-order valence-corrected chi connectivity index (χ4v) is 1.82. The Balaban J connectivity index is 2.03. The molecule has 3 aromatic rings. The second kappa shape index (κ2) is 4.53. The molecule has 0 aliphatic carbocycles. The number of aromatic nitrogens is 3. The summed E-state index contributed by atoms with van der Waals surface area (Å²) in [4.78, 5) is 8.46. The summed E-state index contributed by atoms with van der Waals surface area (Å²) in [5.41, 5.74) is 9.12. The number of benzene rings is 1. The fourth-order valence-electron chi connectivity index (χ4n) is 1.82. The average molecular weight is 252 g/mol. The maximum absolute atomic E-state index is 5.74. The van der Waals surface area contributed by atoms with E-state index < -0.39 is 0 Å². The van der Waals surface area contributed by atoms with Crippen LogP contribution in [0.2, 0.25) is 0 Å². The van der Waals surface area contributed by atoms with E-state index in [1.807, 2.05) is 31.2 Å². The van der Waals surface area contributed by atoms with E-state index in [0.717, 1.165) is 16.7 Å². The van der Waals surface area contributed by atoms with Crippen LogP contribution in [0.5, 0.6) is 0 Å². The molecule has 0 aliphatic rings. The molecule has 2 aromatic heterocycles. The van der Waals surface area contributed by atoms with Gasteiger partial charge in [-0.3, -0.25) is 4.98 Å². The van der Waals surface area contributed by atoms with Gasteiger partial charge in [-0.2, -0.15) is 4.98 Å². The van der Waals surface area contributed by atoms with E-state index in [1.54, 1.807) is 18.5 Å². The number of hydrogen-bond acceptors (Lipinski definition) is 5. The summed E-state index contributed by atoms with van der Waals surface area (Å²) < 4.78 is 5.27. The van der Waals surface area contributed by atoms with Crippen LogP contribution in [0.3, 0.4) is 0 Å². The van der Waals surface area contributed by atoms with E-state index in [1.165, 1.54) is 0 Å². The molecule has 0 aliphatic heterocycles. The van der Waals surface area contributed by atoms with E-state index in [-0.39, 0.29) is 0 Å². The maximum Gasteiger partial charge on any atom is 0.258 e. The predicted octanol–water partition coefficient (Wildman–Crippen LogP) is 2.69. The SMILES string of the molecule is Cc1ccncc1-c1noc(-c2cccc(N)c2)n1. The van der Waals surface area contributed by atoms with Gasteiger partial charge in [-0.25, -0.2) is 0 Å². The smallest absolute Gasteiger partial charge is 0.258 e. The molecule has 0 bridgehead atoms. The Morgan fingerprint density at radius 2 is 2.11 bits per heavy atom. The third-order valence-corrected chi connectivity index (χ3v) is 2.84. The maximum atomic E-state index is 5.74. The molecule has 19 heavy (non-hydrogen) atoms. The second-order valence-corrected chi connectivity index (χ2v) is 4.24. The first-order valence-corrected chi connectivity index (χ1v) is 5.84. The molecule has 0 saturated carbocycles. The van der Waals surface area contributed by atoms with E-state index >= 15 is 0 Å². The Morgan fingerprint density at radius 3 is 2.89 bits per heavy atom. The van der Waals surface area contributed by atoms with Crippen molar-refractivity contribution in [2.24, 2.45) is 0 Å². The number of nitrogens with zero attached hydrogens (tertiary/aromatic N) is 3. The molecular weight excluding hydrogens is 240 g/mol. The predicted molar refractivity (Wildman–Crippen MR) is 72.1 cm³/mol. The van der Waals surface area contributed by atoms with Gasteiger partial charge in [-0.05, 0) is 36.8 Å². The Labute approximate surface area is 110 Å². The summed E-state index contributed by atoms with van der Waals surface area (Å²) in [6, 6.07) is 9.25. The molecule has 0 fully saturated rings. The number of nitrogens with two attached hydrogens (primary N) is 1. The van der Waals surface area contributed by atoms with Crippen LogP contribution in [-0.2, 0) is 0 Å². The number of aryl methyl sites for hydroxylation is 1. The van der Waals surface area contributed by atoms with Gasteiger partial charge in [-0.1, -0.05) is 11.2 Å². The highest BCUT2D eigenvalue weighted by atomic mass is 16.5. The fraction of sp³-hybridized carbons (Fsp3) is 0.0714. The van der Waals surface area contributed by atoms with Crippen LogP contribution in [0.15, 0.2) is 47.2 Å². The van der Waals surface area contributed by atoms with E-state index in [0.29, 0.717) is 17.4 Å². The minimum atomic E-state index is 0.450. The van der Waals surface area contributed by atoms with Gasteiger partial charge in [0.05, 0.1) is 0 Å². The van der Waals surface area contributed by atoms with Crippen LogP contribution in [0.4, 0.5) is 5.69 Å². The van der Waals surface area contributed by atoms with Gasteiger partial charge in [0.1, 0.15) is 0 Å². The lowest BCUT2D eigenvalue weighted by Gasteiger charge is -1.97. The van der Waals surface area contributed by atoms with E-state index in [4.69, 9.17) is 10.3 Å². The largest absolute Gasteiger partial charge is 0.399 e. The van der Waals surface area contributed by atoms with Crippen molar-refractivity contribution in [1.82, 2.24) is 15.1 Å². The van der Waals surface area contributed by atoms with Crippen LogP contribution in [-0.4, -0.2) is 15.1 Å². The summed E-state index contributed by atoms with van der Waals surface area (Å²) >= 11 is 0. The number of rotatable bonds is 2. The topological polar surface area (TPSA) is 77.8 Å². The van der Waals surface area contributed by atoms with Crippen molar-refractivity contribution >= 4 is 5.69 Å². The monoisotopic (exact) mass is 252 g/mol.